The molecule has 11 heteroatoms. The number of hydrogen-bond acceptors (Lipinski definition) is 7. The van der Waals surface area contributed by atoms with Crippen LogP contribution in [0, 0.1) is 11.8 Å². The standard InChI is InChI=1S/C29H34N6O5/c1-5-34(6-2)16-15-33(3)25(32-39)21-9-7-20(8-10-21)13-14-29(27(37)30-28(38)31-29)19-35-18-22-11-12-23(40-4)17-24(22)26(35)36/h7-12,17,39H,5-6,15-16,18-19H2,1-4H3,(H2,30,31,37,38)/b32-25-/t29-/m1/s1. The highest BCUT2D eigenvalue weighted by molar-refractivity contribution is 6.10. The molecular weight excluding hydrogens is 512 g/mol. The Morgan fingerprint density at radius 2 is 1.85 bits per heavy atom. The Labute approximate surface area is 233 Å². The summed E-state index contributed by atoms with van der Waals surface area (Å²) in [7, 11) is 3.39. The summed E-state index contributed by atoms with van der Waals surface area (Å²) in [6.07, 6.45) is 0. The van der Waals surface area contributed by atoms with Gasteiger partial charge in [0.25, 0.3) is 11.8 Å². The number of methoxy groups -OCH3 is 1. The number of benzene rings is 2. The molecule has 0 spiro atoms. The van der Waals surface area contributed by atoms with Gasteiger partial charge in [-0.3, -0.25) is 14.9 Å². The quantitative estimate of drug-likeness (QED) is 0.109. The van der Waals surface area contributed by atoms with E-state index < -0.39 is 17.5 Å². The van der Waals surface area contributed by atoms with Crippen molar-refractivity contribution in [3.63, 3.8) is 0 Å². The van der Waals surface area contributed by atoms with E-state index in [0.29, 0.717) is 34.8 Å². The van der Waals surface area contributed by atoms with Crippen LogP contribution in [-0.2, 0) is 11.3 Å². The predicted octanol–water partition coefficient (Wildman–Crippen LogP) is 1.69. The first-order valence-electron chi connectivity index (χ1n) is 13.1. The van der Waals surface area contributed by atoms with Gasteiger partial charge in [0, 0.05) is 43.4 Å². The average molecular weight is 547 g/mol. The van der Waals surface area contributed by atoms with Gasteiger partial charge in [-0.1, -0.05) is 36.9 Å². The number of amidine groups is 1. The molecule has 2 aliphatic heterocycles. The number of amides is 4. The van der Waals surface area contributed by atoms with Gasteiger partial charge < -0.3 is 30.0 Å². The van der Waals surface area contributed by atoms with Crippen LogP contribution < -0.4 is 15.4 Å². The Morgan fingerprint density at radius 3 is 2.45 bits per heavy atom. The third-order valence-electron chi connectivity index (χ3n) is 7.23. The van der Waals surface area contributed by atoms with Crippen molar-refractivity contribution in [2.24, 2.45) is 5.16 Å². The molecule has 210 valence electrons. The first-order chi connectivity index (χ1) is 19.2. The van der Waals surface area contributed by atoms with E-state index in [1.807, 2.05) is 18.0 Å². The van der Waals surface area contributed by atoms with Crippen LogP contribution in [-0.4, -0.2) is 96.0 Å². The van der Waals surface area contributed by atoms with E-state index in [0.717, 1.165) is 25.2 Å². The maximum absolute atomic E-state index is 13.1. The first-order valence-corrected chi connectivity index (χ1v) is 13.1. The lowest BCUT2D eigenvalue weighted by Gasteiger charge is -2.26. The summed E-state index contributed by atoms with van der Waals surface area (Å²) in [5, 5.41) is 18.0. The number of nitrogens with zero attached hydrogens (tertiary/aromatic N) is 4. The van der Waals surface area contributed by atoms with E-state index in [1.54, 1.807) is 36.4 Å². The highest BCUT2D eigenvalue weighted by Gasteiger charge is 2.48. The largest absolute Gasteiger partial charge is 0.497 e. The Morgan fingerprint density at radius 1 is 1.12 bits per heavy atom. The van der Waals surface area contributed by atoms with Crippen molar-refractivity contribution in [1.82, 2.24) is 25.3 Å². The van der Waals surface area contributed by atoms with Gasteiger partial charge >= 0.3 is 6.03 Å². The SMILES string of the molecule is CCN(CC)CCN(C)/C(=N\O)c1ccc(C#C[C@]2(CN3Cc4ccc(OC)cc4C3=O)NC(=O)NC2=O)cc1. The Kier molecular flexibility index (Phi) is 8.60. The number of carbonyl (C=O) groups is 3. The van der Waals surface area contributed by atoms with Crippen molar-refractivity contribution in [3.05, 3.63) is 64.7 Å². The van der Waals surface area contributed by atoms with E-state index in [-0.39, 0.29) is 19.0 Å². The van der Waals surface area contributed by atoms with Crippen LogP contribution in [0.3, 0.4) is 0 Å². The molecule has 1 fully saturated rings. The Balaban J connectivity index is 1.52. The van der Waals surface area contributed by atoms with Gasteiger partial charge in [-0.2, -0.15) is 0 Å². The van der Waals surface area contributed by atoms with Crippen molar-refractivity contribution in [3.8, 4) is 17.6 Å². The number of nitrogens with one attached hydrogen (secondary N) is 2. The Bertz CT molecular complexity index is 1380. The predicted molar refractivity (Wildman–Crippen MR) is 149 cm³/mol. The van der Waals surface area contributed by atoms with Gasteiger partial charge in [-0.05, 0) is 55.1 Å². The number of likely N-dealkylation sites (N-methyl/N-ethyl adjacent to an activating group) is 2. The topological polar surface area (TPSA) is 127 Å². The third-order valence-corrected chi connectivity index (χ3v) is 7.23. The minimum Gasteiger partial charge on any atom is -0.497 e. The second-order valence-corrected chi connectivity index (χ2v) is 9.70. The zero-order valence-corrected chi connectivity index (χ0v) is 23.2. The van der Waals surface area contributed by atoms with Crippen LogP contribution in [0.5, 0.6) is 5.75 Å². The molecule has 0 unspecified atom stereocenters. The second-order valence-electron chi connectivity index (χ2n) is 9.70. The Hall–Kier alpha value is -4.56. The number of ether oxygens (including phenoxy) is 1. The normalized spacial score (nSPS) is 18.3. The molecule has 0 aliphatic carbocycles. The zero-order valence-electron chi connectivity index (χ0n) is 23.2. The molecule has 1 saturated heterocycles. The summed E-state index contributed by atoms with van der Waals surface area (Å²) >= 11 is 0. The molecule has 2 aliphatic rings. The molecule has 4 amide bonds. The van der Waals surface area contributed by atoms with E-state index in [4.69, 9.17) is 4.74 Å². The number of urea groups is 1. The number of hydrogen-bond donors (Lipinski definition) is 3. The summed E-state index contributed by atoms with van der Waals surface area (Å²) in [4.78, 5) is 43.8. The van der Waals surface area contributed by atoms with Crippen LogP contribution in [0.2, 0.25) is 0 Å². The van der Waals surface area contributed by atoms with E-state index in [2.05, 4.69) is 46.4 Å². The van der Waals surface area contributed by atoms with Crippen molar-refractivity contribution in [2.75, 3.05) is 46.9 Å². The fourth-order valence-corrected chi connectivity index (χ4v) is 4.78. The molecule has 2 aromatic carbocycles. The molecule has 0 radical (unpaired) electrons. The van der Waals surface area contributed by atoms with E-state index in [9.17, 15) is 19.6 Å². The molecule has 40 heavy (non-hydrogen) atoms. The first kappa shape index (κ1) is 28.4. The van der Waals surface area contributed by atoms with Crippen LogP contribution >= 0.6 is 0 Å². The van der Waals surface area contributed by atoms with Gasteiger partial charge in [0.2, 0.25) is 5.54 Å². The summed E-state index contributed by atoms with van der Waals surface area (Å²) in [5.41, 5.74) is 0.970. The minimum absolute atomic E-state index is 0.121. The van der Waals surface area contributed by atoms with Crippen molar-refractivity contribution < 1.29 is 24.3 Å². The monoisotopic (exact) mass is 546 g/mol. The van der Waals surface area contributed by atoms with Crippen molar-refractivity contribution in [2.45, 2.75) is 25.9 Å². The molecular formula is C29H34N6O5. The van der Waals surface area contributed by atoms with Gasteiger partial charge in [-0.15, -0.1) is 0 Å². The molecule has 2 heterocycles. The van der Waals surface area contributed by atoms with Crippen LogP contribution in [0.1, 0.15) is 40.9 Å². The highest BCUT2D eigenvalue weighted by Crippen LogP contribution is 2.28. The smallest absolute Gasteiger partial charge is 0.323 e. The molecule has 1 atom stereocenters. The number of carbonyl (C=O) groups excluding carboxylic acids is 3. The maximum Gasteiger partial charge on any atom is 0.323 e. The summed E-state index contributed by atoms with van der Waals surface area (Å²) < 4.78 is 5.23. The molecule has 4 rings (SSSR count). The molecule has 0 saturated carbocycles. The van der Waals surface area contributed by atoms with Crippen LogP contribution in [0.4, 0.5) is 4.79 Å². The third kappa shape index (κ3) is 5.87. The molecule has 11 nitrogen and oxygen atoms in total. The van der Waals surface area contributed by atoms with E-state index in [1.165, 1.54) is 12.0 Å². The lowest BCUT2D eigenvalue weighted by molar-refractivity contribution is -0.122. The number of imide groups is 1. The van der Waals surface area contributed by atoms with Crippen LogP contribution in [0.25, 0.3) is 0 Å². The average Bonchev–Trinajstić information content (AvgIpc) is 3.42. The number of oxime groups is 1. The molecule has 0 bridgehead atoms. The lowest BCUT2D eigenvalue weighted by atomic mass is 9.99. The summed E-state index contributed by atoms with van der Waals surface area (Å²) in [6, 6.07) is 11.6. The van der Waals surface area contributed by atoms with Crippen molar-refractivity contribution >= 4 is 23.7 Å². The van der Waals surface area contributed by atoms with E-state index >= 15 is 0 Å². The van der Waals surface area contributed by atoms with Crippen LogP contribution in [0.15, 0.2) is 47.6 Å². The fourth-order valence-electron chi connectivity index (χ4n) is 4.78. The van der Waals surface area contributed by atoms with Gasteiger partial charge in [0.05, 0.1) is 13.7 Å². The highest BCUT2D eigenvalue weighted by atomic mass is 16.5. The van der Waals surface area contributed by atoms with Gasteiger partial charge in [0.1, 0.15) is 5.75 Å². The molecule has 0 aromatic heterocycles. The lowest BCUT2D eigenvalue weighted by Crippen LogP contribution is -2.54. The zero-order chi connectivity index (χ0) is 28.9. The number of fused-ring (bicyclic) bond motifs is 1. The maximum atomic E-state index is 13.1. The number of rotatable bonds is 9. The summed E-state index contributed by atoms with van der Waals surface area (Å²) in [6.45, 7) is 7.77. The minimum atomic E-state index is -1.61. The molecule has 2 aromatic rings. The second kappa shape index (κ2) is 12.1. The van der Waals surface area contributed by atoms with Gasteiger partial charge in [0.15, 0.2) is 5.84 Å². The fraction of sp³-hybridized carbons (Fsp3) is 0.379. The van der Waals surface area contributed by atoms with Crippen molar-refractivity contribution in [1.29, 1.82) is 0 Å². The summed E-state index contributed by atoms with van der Waals surface area (Å²) in [5.74, 6) is 5.98. The molecule has 3 N–H and O–H groups in total. The van der Waals surface area contributed by atoms with Gasteiger partial charge in [-0.25, -0.2) is 4.79 Å².